The number of carbonyl (C=O) groups is 1. The van der Waals surface area contributed by atoms with E-state index < -0.39 is 0 Å². The van der Waals surface area contributed by atoms with E-state index >= 15 is 0 Å². The second-order valence-electron chi connectivity index (χ2n) is 4.46. The Morgan fingerprint density at radius 1 is 1.47 bits per heavy atom. The number of carbonyl (C=O) groups excluding carboxylic acids is 1. The molecule has 1 aromatic heterocycles. The molecule has 0 fully saturated rings. The molecular formula is C14H15FN2OS. The molecule has 0 saturated heterocycles. The van der Waals surface area contributed by atoms with E-state index in [0.29, 0.717) is 12.1 Å². The van der Waals surface area contributed by atoms with Gasteiger partial charge < -0.3 is 0 Å². The number of likely N-dealkylation sites (N-methyl/N-ethyl adjacent to an activating group) is 1. The molecule has 0 aliphatic rings. The Labute approximate surface area is 115 Å². The van der Waals surface area contributed by atoms with Gasteiger partial charge in [0.2, 0.25) is 0 Å². The number of halogens is 1. The van der Waals surface area contributed by atoms with Crippen LogP contribution in [0.4, 0.5) is 4.39 Å². The van der Waals surface area contributed by atoms with Crippen LogP contribution in [0.25, 0.3) is 0 Å². The van der Waals surface area contributed by atoms with Gasteiger partial charge in [-0.2, -0.15) is 0 Å². The maximum atomic E-state index is 13.0. The summed E-state index contributed by atoms with van der Waals surface area (Å²) in [4.78, 5) is 18.2. The third-order valence-electron chi connectivity index (χ3n) is 2.66. The molecule has 1 heterocycles. The highest BCUT2D eigenvalue weighted by Gasteiger charge is 2.11. The smallest absolute Gasteiger partial charge is 0.176 e. The van der Waals surface area contributed by atoms with Crippen LogP contribution in [0.1, 0.15) is 21.1 Å². The molecule has 1 aromatic carbocycles. The fourth-order valence-corrected chi connectivity index (χ4v) is 2.42. The molecule has 0 aliphatic heterocycles. The number of hydrogen-bond acceptors (Lipinski definition) is 4. The van der Waals surface area contributed by atoms with E-state index in [1.165, 1.54) is 12.1 Å². The van der Waals surface area contributed by atoms with Crippen LogP contribution in [0.2, 0.25) is 0 Å². The molecule has 0 spiro atoms. The first-order chi connectivity index (χ1) is 9.04. The number of benzene rings is 1. The molecule has 0 saturated carbocycles. The Balaban J connectivity index is 1.95. The lowest BCUT2D eigenvalue weighted by Crippen LogP contribution is -2.25. The van der Waals surface area contributed by atoms with Crippen molar-refractivity contribution in [3.63, 3.8) is 0 Å². The summed E-state index contributed by atoms with van der Waals surface area (Å²) in [7, 11) is 1.85. The number of aromatic nitrogens is 1. The van der Waals surface area contributed by atoms with Crippen LogP contribution in [0.3, 0.4) is 0 Å². The van der Waals surface area contributed by atoms with Gasteiger partial charge in [0.05, 0.1) is 17.2 Å². The number of aryl methyl sites for hydroxylation is 1. The van der Waals surface area contributed by atoms with Crippen molar-refractivity contribution >= 4 is 17.1 Å². The van der Waals surface area contributed by atoms with Crippen LogP contribution in [0.15, 0.2) is 29.6 Å². The Kier molecular flexibility index (Phi) is 4.39. The first-order valence-electron chi connectivity index (χ1n) is 5.93. The van der Waals surface area contributed by atoms with Gasteiger partial charge in [-0.1, -0.05) is 12.1 Å². The monoisotopic (exact) mass is 278 g/mol. The summed E-state index contributed by atoms with van der Waals surface area (Å²) in [6.07, 6.45) is 0. The van der Waals surface area contributed by atoms with Crippen LogP contribution in [0.5, 0.6) is 0 Å². The van der Waals surface area contributed by atoms with Crippen molar-refractivity contribution in [1.29, 1.82) is 0 Å². The summed E-state index contributed by atoms with van der Waals surface area (Å²) in [5.41, 5.74) is 1.36. The number of hydrogen-bond donors (Lipinski definition) is 0. The van der Waals surface area contributed by atoms with Gasteiger partial charge in [-0.3, -0.25) is 9.69 Å². The fourth-order valence-electron chi connectivity index (χ4n) is 1.81. The average molecular weight is 278 g/mol. The molecule has 5 heteroatoms. The zero-order valence-corrected chi connectivity index (χ0v) is 11.7. The lowest BCUT2D eigenvalue weighted by Gasteiger charge is -2.14. The third-order valence-corrected chi connectivity index (χ3v) is 3.48. The molecule has 0 N–H and O–H groups in total. The van der Waals surface area contributed by atoms with Gasteiger partial charge in [-0.25, -0.2) is 9.37 Å². The van der Waals surface area contributed by atoms with Gasteiger partial charge in [0.1, 0.15) is 5.82 Å². The van der Waals surface area contributed by atoms with Crippen LogP contribution in [-0.4, -0.2) is 29.3 Å². The minimum Gasteiger partial charge on any atom is -0.293 e. The second kappa shape index (κ2) is 6.04. The molecule has 0 amide bonds. The van der Waals surface area contributed by atoms with Crippen molar-refractivity contribution in [2.75, 3.05) is 13.6 Å². The predicted octanol–water partition coefficient (Wildman–Crippen LogP) is 2.91. The highest BCUT2D eigenvalue weighted by atomic mass is 32.1. The van der Waals surface area contributed by atoms with Crippen LogP contribution in [-0.2, 0) is 6.54 Å². The summed E-state index contributed by atoms with van der Waals surface area (Å²) in [6, 6.07) is 5.78. The molecule has 0 bridgehead atoms. The van der Waals surface area contributed by atoms with Gasteiger partial charge in [-0.15, -0.1) is 11.3 Å². The largest absolute Gasteiger partial charge is 0.293 e. The first-order valence-corrected chi connectivity index (χ1v) is 6.81. The van der Waals surface area contributed by atoms with Crippen molar-refractivity contribution in [3.05, 3.63) is 51.7 Å². The second-order valence-corrected chi connectivity index (χ2v) is 5.53. The van der Waals surface area contributed by atoms with E-state index in [1.807, 2.05) is 24.3 Å². The maximum absolute atomic E-state index is 13.0. The van der Waals surface area contributed by atoms with Gasteiger partial charge in [0.25, 0.3) is 0 Å². The minimum atomic E-state index is -0.386. The average Bonchev–Trinajstić information content (AvgIpc) is 2.74. The lowest BCUT2D eigenvalue weighted by atomic mass is 10.1. The normalized spacial score (nSPS) is 10.9. The summed E-state index contributed by atoms with van der Waals surface area (Å²) >= 11 is 1.59. The van der Waals surface area contributed by atoms with Crippen molar-refractivity contribution in [1.82, 2.24) is 9.88 Å². The Hall–Kier alpha value is -1.59. The summed E-state index contributed by atoms with van der Waals surface area (Å²) in [5, 5.41) is 3.00. The number of Topliss-reactive ketones (excluding diaryl/α,β-unsaturated/α-hetero) is 1. The molecule has 100 valence electrons. The minimum absolute atomic E-state index is 0.0889. The molecule has 0 atom stereocenters. The number of rotatable bonds is 5. The summed E-state index contributed by atoms with van der Waals surface area (Å²) in [5.74, 6) is -0.474. The standard InChI is InChI=1S/C14H15FN2OS/c1-10-16-13(9-19-10)7-17(2)8-14(18)11-4-3-5-12(15)6-11/h3-6,9H,7-8H2,1-2H3. The molecule has 19 heavy (non-hydrogen) atoms. The number of thiazole rings is 1. The van der Waals surface area contributed by atoms with Gasteiger partial charge in [0.15, 0.2) is 5.78 Å². The molecule has 0 unspecified atom stereocenters. The van der Waals surface area contributed by atoms with Gasteiger partial charge in [-0.05, 0) is 26.1 Å². The van der Waals surface area contributed by atoms with E-state index in [-0.39, 0.29) is 18.1 Å². The highest BCUT2D eigenvalue weighted by Crippen LogP contribution is 2.10. The SMILES string of the molecule is Cc1nc(CN(C)CC(=O)c2cccc(F)c2)cs1. The van der Waals surface area contributed by atoms with Crippen molar-refractivity contribution < 1.29 is 9.18 Å². The molecule has 2 aromatic rings. The topological polar surface area (TPSA) is 33.2 Å². The Bertz CT molecular complexity index is 582. The molecule has 0 radical (unpaired) electrons. The van der Waals surface area contributed by atoms with Crippen LogP contribution < -0.4 is 0 Å². The maximum Gasteiger partial charge on any atom is 0.176 e. The summed E-state index contributed by atoms with van der Waals surface area (Å²) in [6.45, 7) is 2.82. The molecule has 3 nitrogen and oxygen atoms in total. The van der Waals surface area contributed by atoms with E-state index in [1.54, 1.807) is 23.5 Å². The van der Waals surface area contributed by atoms with E-state index in [4.69, 9.17) is 0 Å². The highest BCUT2D eigenvalue weighted by molar-refractivity contribution is 7.09. The van der Waals surface area contributed by atoms with Crippen LogP contribution in [0, 0.1) is 12.7 Å². The van der Waals surface area contributed by atoms with Crippen molar-refractivity contribution in [3.8, 4) is 0 Å². The van der Waals surface area contributed by atoms with Gasteiger partial charge >= 0.3 is 0 Å². The zero-order valence-electron chi connectivity index (χ0n) is 10.9. The van der Waals surface area contributed by atoms with Crippen molar-refractivity contribution in [2.45, 2.75) is 13.5 Å². The quantitative estimate of drug-likeness (QED) is 0.788. The molecular weight excluding hydrogens is 263 g/mol. The summed E-state index contributed by atoms with van der Waals surface area (Å²) < 4.78 is 13.0. The Morgan fingerprint density at radius 2 is 2.26 bits per heavy atom. The van der Waals surface area contributed by atoms with Crippen LogP contribution >= 0.6 is 11.3 Å². The fraction of sp³-hybridized carbons (Fsp3) is 0.286. The first kappa shape index (κ1) is 13.8. The zero-order chi connectivity index (χ0) is 13.8. The molecule has 0 aliphatic carbocycles. The lowest BCUT2D eigenvalue weighted by molar-refractivity contribution is 0.0942. The third kappa shape index (κ3) is 3.94. The van der Waals surface area contributed by atoms with E-state index in [9.17, 15) is 9.18 Å². The Morgan fingerprint density at radius 3 is 2.89 bits per heavy atom. The molecule has 2 rings (SSSR count). The van der Waals surface area contributed by atoms with Crippen molar-refractivity contribution in [2.24, 2.45) is 0 Å². The van der Waals surface area contributed by atoms with E-state index in [0.717, 1.165) is 10.7 Å². The number of nitrogens with zero attached hydrogens (tertiary/aromatic N) is 2. The number of ketones is 1. The van der Waals surface area contributed by atoms with E-state index in [2.05, 4.69) is 4.98 Å². The predicted molar refractivity (Wildman–Crippen MR) is 73.9 cm³/mol. The van der Waals surface area contributed by atoms with Gasteiger partial charge in [0, 0.05) is 17.5 Å².